The molecule has 10 heteroatoms. The maximum Gasteiger partial charge on any atom is 0.407 e. The second-order valence-corrected chi connectivity index (χ2v) is 12.5. The minimum atomic E-state index is -0.585. The Bertz CT molecular complexity index is 1620. The van der Waals surface area contributed by atoms with Crippen molar-refractivity contribution in [1.82, 2.24) is 24.3 Å². The zero-order valence-electron chi connectivity index (χ0n) is 24.7. The van der Waals surface area contributed by atoms with Crippen LogP contribution in [0.15, 0.2) is 34.9 Å². The number of benzene rings is 1. The third kappa shape index (κ3) is 5.27. The van der Waals surface area contributed by atoms with Gasteiger partial charge in [-0.25, -0.2) is 9.78 Å². The molecule has 218 valence electrons. The highest BCUT2D eigenvalue weighted by atomic mass is 16.6. The first-order valence-electron chi connectivity index (χ1n) is 14.4. The number of amides is 2. The van der Waals surface area contributed by atoms with E-state index in [1.807, 2.05) is 56.3 Å². The van der Waals surface area contributed by atoms with E-state index >= 15 is 0 Å². The number of nitrogens with zero attached hydrogens (tertiary/aromatic N) is 4. The van der Waals surface area contributed by atoms with E-state index in [-0.39, 0.29) is 18.0 Å². The Labute approximate surface area is 239 Å². The topological polar surface area (TPSA) is 104 Å². The van der Waals surface area contributed by atoms with Crippen molar-refractivity contribution in [3.63, 3.8) is 0 Å². The van der Waals surface area contributed by atoms with Gasteiger partial charge in [-0.05, 0) is 83.6 Å². The summed E-state index contributed by atoms with van der Waals surface area (Å²) in [5.74, 6) is 1.92. The van der Waals surface area contributed by atoms with Crippen molar-refractivity contribution >= 4 is 34.1 Å². The first-order chi connectivity index (χ1) is 19.5. The molecule has 4 heterocycles. The Morgan fingerprint density at radius 3 is 2.63 bits per heavy atom. The molecule has 1 aromatic carbocycles. The molecule has 0 radical (unpaired) electrons. The molecule has 0 spiro atoms. The molecule has 0 bridgehead atoms. The summed E-state index contributed by atoms with van der Waals surface area (Å²) in [5.41, 5.74) is 3.28. The molecule has 1 aliphatic carbocycles. The van der Waals surface area contributed by atoms with Gasteiger partial charge >= 0.3 is 6.09 Å². The number of carbonyl (C=O) groups excluding carboxylic acids is 2. The molecule has 1 saturated heterocycles. The Balaban J connectivity index is 1.32. The normalized spacial score (nSPS) is 19.6. The number of furan rings is 1. The number of imidazole rings is 1. The van der Waals surface area contributed by atoms with Gasteiger partial charge in [-0.1, -0.05) is 0 Å². The number of aromatic nitrogens is 3. The molecule has 6 rings (SSSR count). The van der Waals surface area contributed by atoms with Crippen LogP contribution in [0.25, 0.3) is 33.7 Å². The highest BCUT2D eigenvalue weighted by Crippen LogP contribution is 2.38. The average molecular weight is 562 g/mol. The molecular formula is C31H39N5O5. The lowest BCUT2D eigenvalue weighted by atomic mass is 9.98. The highest BCUT2D eigenvalue weighted by Gasteiger charge is 2.33. The van der Waals surface area contributed by atoms with Gasteiger partial charge in [0.05, 0.1) is 24.6 Å². The van der Waals surface area contributed by atoms with Crippen LogP contribution in [0.1, 0.15) is 63.7 Å². The van der Waals surface area contributed by atoms with Gasteiger partial charge in [0, 0.05) is 43.2 Å². The van der Waals surface area contributed by atoms with Crippen LogP contribution in [0.5, 0.6) is 5.75 Å². The molecule has 4 aromatic rings. The van der Waals surface area contributed by atoms with Gasteiger partial charge in [0.25, 0.3) is 5.91 Å². The molecule has 2 aliphatic rings. The molecular weight excluding hydrogens is 522 g/mol. The first-order valence-corrected chi connectivity index (χ1v) is 14.4. The van der Waals surface area contributed by atoms with Crippen molar-refractivity contribution in [1.29, 1.82) is 0 Å². The van der Waals surface area contributed by atoms with Gasteiger partial charge < -0.3 is 33.2 Å². The lowest BCUT2D eigenvalue weighted by molar-refractivity contribution is 0.0412. The largest absolute Gasteiger partial charge is 0.494 e. The van der Waals surface area contributed by atoms with Gasteiger partial charge in [-0.3, -0.25) is 4.79 Å². The fourth-order valence-electron chi connectivity index (χ4n) is 5.87. The number of nitrogens with one attached hydrogen (secondary N) is 1. The van der Waals surface area contributed by atoms with Gasteiger partial charge in [0.2, 0.25) is 5.71 Å². The van der Waals surface area contributed by atoms with E-state index in [1.54, 1.807) is 19.4 Å². The van der Waals surface area contributed by atoms with Crippen LogP contribution in [0.3, 0.4) is 0 Å². The molecule has 1 aliphatic heterocycles. The number of likely N-dealkylation sites (tertiary alicyclic amines) is 1. The van der Waals surface area contributed by atoms with Crippen molar-refractivity contribution in [2.24, 2.45) is 13.0 Å². The Hall–Kier alpha value is -3.95. The van der Waals surface area contributed by atoms with Crippen molar-refractivity contribution < 1.29 is 23.5 Å². The average Bonchev–Trinajstić information content (AvgIpc) is 3.36. The number of methoxy groups -OCH3 is 1. The number of alkyl carbamates (subject to hydrolysis) is 1. The van der Waals surface area contributed by atoms with Crippen molar-refractivity contribution in [3.8, 4) is 17.3 Å². The summed E-state index contributed by atoms with van der Waals surface area (Å²) in [6.07, 6.45) is 5.27. The molecule has 41 heavy (non-hydrogen) atoms. The zero-order chi connectivity index (χ0) is 29.1. The number of aryl methyl sites for hydroxylation is 1. The van der Waals surface area contributed by atoms with Gasteiger partial charge in [0.1, 0.15) is 16.9 Å². The van der Waals surface area contributed by atoms with E-state index in [4.69, 9.17) is 18.9 Å². The van der Waals surface area contributed by atoms with E-state index in [0.29, 0.717) is 29.3 Å². The number of hydrogen-bond acceptors (Lipinski definition) is 6. The third-order valence-electron chi connectivity index (χ3n) is 8.13. The summed E-state index contributed by atoms with van der Waals surface area (Å²) in [5, 5.41) is 3.99. The molecule has 1 N–H and O–H groups in total. The summed E-state index contributed by atoms with van der Waals surface area (Å²) in [6, 6.07) is 7.58. The van der Waals surface area contributed by atoms with E-state index in [1.165, 1.54) is 12.8 Å². The number of carbonyl (C=O) groups is 2. The van der Waals surface area contributed by atoms with Crippen LogP contribution in [0, 0.1) is 5.92 Å². The smallest absolute Gasteiger partial charge is 0.407 e. The fraction of sp³-hybridized carbons (Fsp3) is 0.516. The predicted octanol–water partition coefficient (Wildman–Crippen LogP) is 5.72. The SMILES string of the molecule is COc1cc(C(=O)N2C[C@H](NC(=O)OC(C)(C)C)CC[C@@H]2C)cc2nc(-c3cc4ccoc4n3CC3CC3)n(C)c12. The molecule has 0 unspecified atom stereocenters. The summed E-state index contributed by atoms with van der Waals surface area (Å²) in [6.45, 7) is 8.84. The number of hydrogen-bond donors (Lipinski definition) is 1. The third-order valence-corrected chi connectivity index (χ3v) is 8.13. The molecule has 1 saturated carbocycles. The highest BCUT2D eigenvalue weighted by molar-refractivity contribution is 6.00. The molecule has 10 nitrogen and oxygen atoms in total. The number of rotatable bonds is 6. The second-order valence-electron chi connectivity index (χ2n) is 12.5. The summed E-state index contributed by atoms with van der Waals surface area (Å²) in [7, 11) is 3.59. The van der Waals surface area contributed by atoms with Crippen molar-refractivity contribution in [2.45, 2.75) is 77.6 Å². The van der Waals surface area contributed by atoms with Gasteiger partial charge in [-0.15, -0.1) is 0 Å². The van der Waals surface area contributed by atoms with Gasteiger partial charge in [0.15, 0.2) is 5.82 Å². The summed E-state index contributed by atoms with van der Waals surface area (Å²) >= 11 is 0. The second kappa shape index (κ2) is 10.2. The van der Waals surface area contributed by atoms with E-state index in [0.717, 1.165) is 47.5 Å². The number of ether oxygens (including phenoxy) is 2. The van der Waals surface area contributed by atoms with Gasteiger partial charge in [-0.2, -0.15) is 0 Å². The maximum absolute atomic E-state index is 13.9. The number of piperidine rings is 1. The standard InChI is InChI=1S/C31H39N5O5/c1-18-7-10-22(32-30(38)41-31(2,3)4)17-35(18)28(37)21-13-23-26(25(15-21)39-6)34(5)27(33-23)24-14-20-11-12-40-29(20)36(24)16-19-8-9-19/h11-15,18-19,22H,7-10,16-17H2,1-6H3,(H,32,38)/t18-,22+/m0/s1. The molecule has 2 fully saturated rings. The van der Waals surface area contributed by atoms with Crippen molar-refractivity contribution in [3.05, 3.63) is 36.1 Å². The minimum Gasteiger partial charge on any atom is -0.494 e. The lowest BCUT2D eigenvalue weighted by Gasteiger charge is -2.38. The van der Waals surface area contributed by atoms with Crippen LogP contribution < -0.4 is 10.1 Å². The Kier molecular flexibility index (Phi) is 6.74. The number of fused-ring (bicyclic) bond motifs is 2. The molecule has 3 aromatic heterocycles. The fourth-order valence-corrected chi connectivity index (χ4v) is 5.87. The zero-order valence-corrected chi connectivity index (χ0v) is 24.7. The van der Waals surface area contributed by atoms with E-state index in [9.17, 15) is 9.59 Å². The van der Waals surface area contributed by atoms with Crippen LogP contribution in [-0.2, 0) is 18.3 Å². The molecule has 2 atom stereocenters. The predicted molar refractivity (Wildman–Crippen MR) is 156 cm³/mol. The van der Waals surface area contributed by atoms with E-state index < -0.39 is 11.7 Å². The van der Waals surface area contributed by atoms with E-state index in [2.05, 4.69) is 16.0 Å². The van der Waals surface area contributed by atoms with Crippen LogP contribution in [0.4, 0.5) is 4.79 Å². The van der Waals surface area contributed by atoms with Crippen LogP contribution in [-0.4, -0.2) is 62.4 Å². The quantitative estimate of drug-likeness (QED) is 0.323. The monoisotopic (exact) mass is 561 g/mol. The summed E-state index contributed by atoms with van der Waals surface area (Å²) in [4.78, 5) is 33.1. The van der Waals surface area contributed by atoms with Crippen LogP contribution in [0.2, 0.25) is 0 Å². The minimum absolute atomic E-state index is 0.0290. The lowest BCUT2D eigenvalue weighted by Crippen LogP contribution is -2.53. The summed E-state index contributed by atoms with van der Waals surface area (Å²) < 4.78 is 21.3. The Morgan fingerprint density at radius 2 is 1.93 bits per heavy atom. The molecule has 2 amide bonds. The maximum atomic E-state index is 13.9. The van der Waals surface area contributed by atoms with Crippen molar-refractivity contribution in [2.75, 3.05) is 13.7 Å². The van der Waals surface area contributed by atoms with Crippen LogP contribution >= 0.6 is 0 Å². The Morgan fingerprint density at radius 1 is 1.15 bits per heavy atom. The first kappa shape index (κ1) is 27.2.